The summed E-state index contributed by atoms with van der Waals surface area (Å²) >= 11 is 0. The van der Waals surface area contributed by atoms with Crippen molar-refractivity contribution in [3.8, 4) is 11.5 Å². The van der Waals surface area contributed by atoms with Crippen molar-refractivity contribution < 1.29 is 28.2 Å². The van der Waals surface area contributed by atoms with Crippen LogP contribution in [0.15, 0.2) is 48.5 Å². The predicted octanol–water partition coefficient (Wildman–Crippen LogP) is 2.76. The van der Waals surface area contributed by atoms with Gasteiger partial charge >= 0.3 is 5.97 Å². The summed E-state index contributed by atoms with van der Waals surface area (Å²) in [5, 5.41) is 2.58. The number of amides is 2. The van der Waals surface area contributed by atoms with Gasteiger partial charge in [0.15, 0.2) is 0 Å². The quantitative estimate of drug-likeness (QED) is 0.735. The summed E-state index contributed by atoms with van der Waals surface area (Å²) in [4.78, 5) is 38.2. The van der Waals surface area contributed by atoms with Crippen LogP contribution in [0.3, 0.4) is 0 Å². The summed E-state index contributed by atoms with van der Waals surface area (Å²) in [6.45, 7) is 2.19. The molecule has 2 atom stereocenters. The molecule has 30 heavy (non-hydrogen) atoms. The first-order valence-electron chi connectivity index (χ1n) is 9.56. The van der Waals surface area contributed by atoms with E-state index in [1.807, 2.05) is 6.92 Å². The summed E-state index contributed by atoms with van der Waals surface area (Å²) in [7, 11) is 1.29. The van der Waals surface area contributed by atoms with Crippen LogP contribution >= 0.6 is 0 Å². The highest BCUT2D eigenvalue weighted by atomic mass is 19.1. The molecule has 0 spiro atoms. The number of nitrogens with zero attached hydrogens (tertiary/aromatic N) is 1. The highest BCUT2D eigenvalue weighted by molar-refractivity contribution is 5.97. The monoisotopic (exact) mass is 414 g/mol. The fourth-order valence-electron chi connectivity index (χ4n) is 3.35. The summed E-state index contributed by atoms with van der Waals surface area (Å²) in [5.41, 5.74) is 0.355. The number of halogens is 1. The number of benzene rings is 2. The lowest BCUT2D eigenvalue weighted by molar-refractivity contribution is -0.150. The zero-order valence-corrected chi connectivity index (χ0v) is 16.8. The molecule has 0 radical (unpaired) electrons. The van der Waals surface area contributed by atoms with Gasteiger partial charge in [-0.05, 0) is 60.9 Å². The normalized spacial score (nSPS) is 18.0. The Balaban J connectivity index is 1.55. The van der Waals surface area contributed by atoms with E-state index in [-0.39, 0.29) is 24.2 Å². The van der Waals surface area contributed by atoms with Gasteiger partial charge in [0.25, 0.3) is 5.91 Å². The number of carbonyl (C=O) groups is 3. The van der Waals surface area contributed by atoms with E-state index in [0.717, 1.165) is 0 Å². The smallest absolute Gasteiger partial charge is 0.328 e. The number of likely N-dealkylation sites (tertiary alicyclic amines) is 1. The van der Waals surface area contributed by atoms with Crippen molar-refractivity contribution in [2.45, 2.75) is 19.4 Å². The molecule has 1 N–H and O–H groups in total. The third-order valence-corrected chi connectivity index (χ3v) is 4.87. The van der Waals surface area contributed by atoms with Crippen LogP contribution in [0.4, 0.5) is 4.39 Å². The first-order valence-corrected chi connectivity index (χ1v) is 9.56. The minimum atomic E-state index is -0.614. The van der Waals surface area contributed by atoms with Gasteiger partial charge in [-0.2, -0.15) is 0 Å². The topological polar surface area (TPSA) is 84.9 Å². The maximum absolute atomic E-state index is 12.9. The second-order valence-electron chi connectivity index (χ2n) is 7.19. The third kappa shape index (κ3) is 5.14. The molecule has 2 aromatic rings. The molecule has 0 saturated carbocycles. The van der Waals surface area contributed by atoms with Crippen molar-refractivity contribution in [2.24, 2.45) is 5.92 Å². The molecule has 0 aromatic heterocycles. The van der Waals surface area contributed by atoms with Crippen LogP contribution in [0.25, 0.3) is 0 Å². The van der Waals surface area contributed by atoms with Gasteiger partial charge in [-0.25, -0.2) is 9.18 Å². The van der Waals surface area contributed by atoms with Crippen molar-refractivity contribution in [3.05, 3.63) is 59.9 Å². The molecule has 158 valence electrons. The van der Waals surface area contributed by atoms with Gasteiger partial charge in [-0.3, -0.25) is 9.59 Å². The number of esters is 1. The Kier molecular flexibility index (Phi) is 6.66. The molecule has 3 rings (SSSR count). The Hall–Kier alpha value is -3.42. The molecule has 1 aliphatic heterocycles. The summed E-state index contributed by atoms with van der Waals surface area (Å²) in [5.74, 6) is -0.415. The second kappa shape index (κ2) is 9.39. The van der Waals surface area contributed by atoms with Crippen LogP contribution < -0.4 is 10.1 Å². The minimum Gasteiger partial charge on any atom is -0.467 e. The lowest BCUT2D eigenvalue weighted by Gasteiger charge is -2.22. The van der Waals surface area contributed by atoms with Crippen LogP contribution in [0.2, 0.25) is 0 Å². The summed E-state index contributed by atoms with van der Waals surface area (Å²) < 4.78 is 23.3. The number of ether oxygens (including phenoxy) is 2. The van der Waals surface area contributed by atoms with Crippen LogP contribution in [0.5, 0.6) is 11.5 Å². The van der Waals surface area contributed by atoms with E-state index in [0.29, 0.717) is 30.0 Å². The number of rotatable bonds is 6. The second-order valence-corrected chi connectivity index (χ2v) is 7.19. The van der Waals surface area contributed by atoms with Crippen LogP contribution in [0.1, 0.15) is 23.7 Å². The maximum Gasteiger partial charge on any atom is 0.328 e. The average Bonchev–Trinajstić information content (AvgIpc) is 3.15. The molecule has 2 aromatic carbocycles. The van der Waals surface area contributed by atoms with Gasteiger partial charge in [0.1, 0.15) is 23.4 Å². The molecule has 0 aliphatic carbocycles. The average molecular weight is 414 g/mol. The number of carbonyl (C=O) groups excluding carboxylic acids is 3. The van der Waals surface area contributed by atoms with E-state index in [4.69, 9.17) is 9.47 Å². The SMILES string of the molecule is COC(=O)[C@@H]1C[C@@H](C)CN1C(=O)CNC(=O)c1ccc(Oc2ccc(F)cc2)cc1. The Morgan fingerprint density at radius 3 is 2.27 bits per heavy atom. The molecule has 7 nitrogen and oxygen atoms in total. The number of methoxy groups -OCH3 is 1. The standard InChI is InChI=1S/C22H23FN2O5/c1-14-11-19(22(28)29-2)25(13-14)20(26)12-24-21(27)15-3-7-17(8-4-15)30-18-9-5-16(23)6-10-18/h3-10,14,19H,11-13H2,1-2H3,(H,24,27)/t14-,19+/m1/s1. The number of hydrogen-bond donors (Lipinski definition) is 1. The molecule has 0 unspecified atom stereocenters. The molecule has 1 saturated heterocycles. The van der Waals surface area contributed by atoms with E-state index < -0.39 is 17.9 Å². The van der Waals surface area contributed by atoms with Gasteiger partial charge in [0.05, 0.1) is 13.7 Å². The lowest BCUT2D eigenvalue weighted by atomic mass is 10.1. The molecule has 1 fully saturated rings. The molecule has 1 aliphatic rings. The van der Waals surface area contributed by atoms with Crippen molar-refractivity contribution in [1.29, 1.82) is 0 Å². The number of hydrogen-bond acceptors (Lipinski definition) is 5. The fourth-order valence-corrected chi connectivity index (χ4v) is 3.35. The zero-order chi connectivity index (χ0) is 21.7. The molecule has 1 heterocycles. The lowest BCUT2D eigenvalue weighted by Crippen LogP contribution is -2.45. The van der Waals surface area contributed by atoms with E-state index in [1.54, 1.807) is 24.3 Å². The van der Waals surface area contributed by atoms with Crippen LogP contribution in [0, 0.1) is 11.7 Å². The molecular formula is C22H23FN2O5. The molecular weight excluding hydrogens is 391 g/mol. The van der Waals surface area contributed by atoms with Crippen LogP contribution in [-0.2, 0) is 14.3 Å². The Bertz CT molecular complexity index is 914. The van der Waals surface area contributed by atoms with E-state index in [2.05, 4.69) is 5.32 Å². The van der Waals surface area contributed by atoms with Crippen LogP contribution in [-0.4, -0.2) is 48.9 Å². The molecule has 0 bridgehead atoms. The summed E-state index contributed by atoms with van der Waals surface area (Å²) in [6, 6.07) is 11.3. The van der Waals surface area contributed by atoms with Crippen molar-refractivity contribution in [1.82, 2.24) is 10.2 Å². The van der Waals surface area contributed by atoms with Crippen molar-refractivity contribution >= 4 is 17.8 Å². The van der Waals surface area contributed by atoms with Gasteiger partial charge in [-0.15, -0.1) is 0 Å². The highest BCUT2D eigenvalue weighted by Crippen LogP contribution is 2.24. The Labute approximate surface area is 173 Å². The van der Waals surface area contributed by atoms with E-state index in [9.17, 15) is 18.8 Å². The van der Waals surface area contributed by atoms with Gasteiger partial charge in [0, 0.05) is 12.1 Å². The van der Waals surface area contributed by atoms with E-state index in [1.165, 1.54) is 36.3 Å². The first kappa shape index (κ1) is 21.3. The minimum absolute atomic E-state index is 0.183. The molecule has 8 heteroatoms. The predicted molar refractivity (Wildman–Crippen MR) is 107 cm³/mol. The largest absolute Gasteiger partial charge is 0.467 e. The third-order valence-electron chi connectivity index (χ3n) is 4.87. The van der Waals surface area contributed by atoms with Crippen molar-refractivity contribution in [2.75, 3.05) is 20.2 Å². The van der Waals surface area contributed by atoms with E-state index >= 15 is 0 Å². The Morgan fingerprint density at radius 1 is 1.07 bits per heavy atom. The Morgan fingerprint density at radius 2 is 1.67 bits per heavy atom. The van der Waals surface area contributed by atoms with Gasteiger partial charge < -0.3 is 19.7 Å². The number of nitrogens with one attached hydrogen (secondary N) is 1. The summed E-state index contributed by atoms with van der Waals surface area (Å²) in [6.07, 6.45) is 0.544. The first-order chi connectivity index (χ1) is 14.4. The molecule has 2 amide bonds. The van der Waals surface area contributed by atoms with Gasteiger partial charge in [0.2, 0.25) is 5.91 Å². The van der Waals surface area contributed by atoms with Gasteiger partial charge in [-0.1, -0.05) is 6.92 Å². The maximum atomic E-state index is 12.9. The fraction of sp³-hybridized carbons (Fsp3) is 0.318. The zero-order valence-electron chi connectivity index (χ0n) is 16.8. The van der Waals surface area contributed by atoms with Crippen molar-refractivity contribution in [3.63, 3.8) is 0 Å². The highest BCUT2D eigenvalue weighted by Gasteiger charge is 2.38.